The Balaban J connectivity index is 1.79. The first-order chi connectivity index (χ1) is 15.0. The molecule has 154 valence electrons. The molecule has 1 N–H and O–H groups in total. The minimum Gasteiger partial charge on any atom is -0.488 e. The number of carbonyl (C=O) groups excluding carboxylic acids is 1. The predicted octanol–water partition coefficient (Wildman–Crippen LogP) is 5.03. The number of aryl methyl sites for hydroxylation is 1. The summed E-state index contributed by atoms with van der Waals surface area (Å²) in [5.74, 6) is -0.0734. The highest BCUT2D eigenvalue weighted by Crippen LogP contribution is 2.24. The van der Waals surface area contributed by atoms with Crippen LogP contribution in [0, 0.1) is 28.4 Å². The van der Waals surface area contributed by atoms with Crippen molar-refractivity contribution in [3.8, 4) is 11.8 Å². The molecule has 0 radical (unpaired) electrons. The van der Waals surface area contributed by atoms with Gasteiger partial charge in [-0.15, -0.1) is 0 Å². The monoisotopic (exact) mass is 413 g/mol. The van der Waals surface area contributed by atoms with E-state index in [-0.39, 0.29) is 17.9 Å². The zero-order chi connectivity index (χ0) is 22.2. The molecule has 0 aromatic heterocycles. The van der Waals surface area contributed by atoms with Crippen LogP contribution in [0.15, 0.2) is 78.4 Å². The molecule has 0 bridgehead atoms. The molecule has 31 heavy (non-hydrogen) atoms. The van der Waals surface area contributed by atoms with Crippen LogP contribution in [0.25, 0.3) is 6.08 Å². The van der Waals surface area contributed by atoms with Gasteiger partial charge in [0, 0.05) is 23.4 Å². The molecule has 0 saturated heterocycles. The first kappa shape index (κ1) is 21.3. The summed E-state index contributed by atoms with van der Waals surface area (Å²) in [4.78, 5) is 23.1. The Morgan fingerprint density at radius 2 is 1.87 bits per heavy atom. The largest absolute Gasteiger partial charge is 0.488 e. The van der Waals surface area contributed by atoms with Gasteiger partial charge < -0.3 is 10.1 Å². The summed E-state index contributed by atoms with van der Waals surface area (Å²) in [6.07, 6.45) is 1.45. The van der Waals surface area contributed by atoms with Gasteiger partial charge in [-0.3, -0.25) is 14.9 Å². The minimum absolute atomic E-state index is 0.0195. The molecule has 0 unspecified atom stereocenters. The maximum atomic E-state index is 12.6. The lowest BCUT2D eigenvalue weighted by molar-refractivity contribution is -0.384. The van der Waals surface area contributed by atoms with Crippen molar-refractivity contribution in [1.82, 2.24) is 0 Å². The summed E-state index contributed by atoms with van der Waals surface area (Å²) in [7, 11) is 0. The summed E-state index contributed by atoms with van der Waals surface area (Å²) >= 11 is 0. The Labute approximate surface area is 179 Å². The van der Waals surface area contributed by atoms with Crippen LogP contribution >= 0.6 is 0 Å². The van der Waals surface area contributed by atoms with Crippen molar-refractivity contribution in [2.45, 2.75) is 13.5 Å². The third kappa shape index (κ3) is 5.55. The van der Waals surface area contributed by atoms with Crippen LogP contribution < -0.4 is 10.1 Å². The standard InChI is InChI=1S/C24H19N3O4/c1-17-7-2-4-11-22(17)26-24(28)20(15-25)14-19-9-3-5-12-23(19)31-16-18-8-6-10-21(13-18)27(29)30/h2-14H,16H2,1H3,(H,26,28)/b20-14+. The number of anilines is 1. The van der Waals surface area contributed by atoms with Crippen LogP contribution in [0.4, 0.5) is 11.4 Å². The molecule has 3 aromatic rings. The first-order valence-electron chi connectivity index (χ1n) is 9.42. The van der Waals surface area contributed by atoms with Gasteiger partial charge in [0.05, 0.1) is 4.92 Å². The van der Waals surface area contributed by atoms with Gasteiger partial charge in [0.1, 0.15) is 24.0 Å². The third-order valence-corrected chi connectivity index (χ3v) is 4.49. The van der Waals surface area contributed by atoms with Crippen molar-refractivity contribution in [2.24, 2.45) is 0 Å². The summed E-state index contributed by atoms with van der Waals surface area (Å²) < 4.78 is 5.81. The van der Waals surface area contributed by atoms with E-state index < -0.39 is 10.8 Å². The van der Waals surface area contributed by atoms with Crippen LogP contribution in [0.5, 0.6) is 5.75 Å². The number of nitro groups is 1. The Morgan fingerprint density at radius 3 is 2.61 bits per heavy atom. The number of benzene rings is 3. The molecule has 3 rings (SSSR count). The molecule has 0 saturated carbocycles. The number of nitro benzene ring substituents is 1. The number of hydrogen-bond acceptors (Lipinski definition) is 5. The number of carbonyl (C=O) groups is 1. The molecule has 0 fully saturated rings. The van der Waals surface area contributed by atoms with Crippen LogP contribution in [-0.4, -0.2) is 10.8 Å². The Morgan fingerprint density at radius 1 is 1.13 bits per heavy atom. The van der Waals surface area contributed by atoms with Gasteiger partial charge >= 0.3 is 0 Å². The second kappa shape index (κ2) is 9.85. The normalized spacial score (nSPS) is 10.8. The number of nitriles is 1. The molecule has 0 aliphatic carbocycles. The topological polar surface area (TPSA) is 105 Å². The van der Waals surface area contributed by atoms with E-state index in [9.17, 15) is 20.2 Å². The van der Waals surface area contributed by atoms with Crippen molar-refractivity contribution >= 4 is 23.4 Å². The lowest BCUT2D eigenvalue weighted by Crippen LogP contribution is -2.14. The summed E-state index contributed by atoms with van der Waals surface area (Å²) in [6, 6.07) is 22.3. The second-order valence-corrected chi connectivity index (χ2v) is 6.69. The zero-order valence-corrected chi connectivity index (χ0v) is 16.7. The van der Waals surface area contributed by atoms with E-state index >= 15 is 0 Å². The van der Waals surface area contributed by atoms with Gasteiger partial charge in [0.2, 0.25) is 0 Å². The molecule has 0 spiro atoms. The van der Waals surface area contributed by atoms with Gasteiger partial charge in [0.25, 0.3) is 11.6 Å². The molecule has 1 amide bonds. The Bertz CT molecular complexity index is 1200. The highest BCUT2D eigenvalue weighted by molar-refractivity contribution is 6.10. The van der Waals surface area contributed by atoms with E-state index in [1.165, 1.54) is 18.2 Å². The van der Waals surface area contributed by atoms with Crippen LogP contribution in [-0.2, 0) is 11.4 Å². The molecular weight excluding hydrogens is 394 g/mol. The van der Waals surface area contributed by atoms with E-state index in [0.717, 1.165) is 5.56 Å². The minimum atomic E-state index is -0.523. The lowest BCUT2D eigenvalue weighted by atomic mass is 10.1. The fourth-order valence-corrected chi connectivity index (χ4v) is 2.86. The summed E-state index contributed by atoms with van der Waals surface area (Å²) in [5.41, 5.74) is 2.59. The molecule has 7 heteroatoms. The smallest absolute Gasteiger partial charge is 0.269 e. The van der Waals surface area contributed by atoms with E-state index in [0.29, 0.717) is 22.6 Å². The van der Waals surface area contributed by atoms with Crippen molar-refractivity contribution in [3.63, 3.8) is 0 Å². The maximum Gasteiger partial charge on any atom is 0.269 e. The lowest BCUT2D eigenvalue weighted by Gasteiger charge is -2.10. The number of nitrogens with zero attached hydrogens (tertiary/aromatic N) is 2. The van der Waals surface area contributed by atoms with Gasteiger partial charge in [-0.2, -0.15) is 5.26 Å². The average Bonchev–Trinajstić information content (AvgIpc) is 2.78. The molecule has 0 atom stereocenters. The quantitative estimate of drug-likeness (QED) is 0.253. The number of nitrogens with one attached hydrogen (secondary N) is 1. The van der Waals surface area contributed by atoms with Gasteiger partial charge in [-0.05, 0) is 36.3 Å². The van der Waals surface area contributed by atoms with E-state index in [2.05, 4.69) is 5.32 Å². The second-order valence-electron chi connectivity index (χ2n) is 6.69. The van der Waals surface area contributed by atoms with E-state index in [1.807, 2.05) is 25.1 Å². The van der Waals surface area contributed by atoms with Crippen molar-refractivity contribution in [1.29, 1.82) is 5.26 Å². The molecule has 0 aliphatic rings. The highest BCUT2D eigenvalue weighted by Gasteiger charge is 2.13. The summed E-state index contributed by atoms with van der Waals surface area (Å²) in [6.45, 7) is 1.96. The van der Waals surface area contributed by atoms with Crippen LogP contribution in [0.2, 0.25) is 0 Å². The number of para-hydroxylation sites is 2. The highest BCUT2D eigenvalue weighted by atomic mass is 16.6. The third-order valence-electron chi connectivity index (χ3n) is 4.49. The maximum absolute atomic E-state index is 12.6. The van der Waals surface area contributed by atoms with Gasteiger partial charge in [-0.25, -0.2) is 0 Å². The van der Waals surface area contributed by atoms with Crippen molar-refractivity contribution in [3.05, 3.63) is 105 Å². The predicted molar refractivity (Wildman–Crippen MR) is 117 cm³/mol. The fourth-order valence-electron chi connectivity index (χ4n) is 2.86. The van der Waals surface area contributed by atoms with E-state index in [1.54, 1.807) is 48.5 Å². The number of hydrogen-bond donors (Lipinski definition) is 1. The fraction of sp³-hybridized carbons (Fsp3) is 0.0833. The first-order valence-corrected chi connectivity index (χ1v) is 9.42. The number of rotatable bonds is 7. The zero-order valence-electron chi connectivity index (χ0n) is 16.7. The van der Waals surface area contributed by atoms with E-state index in [4.69, 9.17) is 4.74 Å². The molecule has 7 nitrogen and oxygen atoms in total. The Kier molecular flexibility index (Phi) is 6.76. The summed E-state index contributed by atoms with van der Waals surface area (Å²) in [5, 5.41) is 23.2. The van der Waals surface area contributed by atoms with Crippen LogP contribution in [0.1, 0.15) is 16.7 Å². The SMILES string of the molecule is Cc1ccccc1NC(=O)/C(C#N)=C/c1ccccc1OCc1cccc([N+](=O)[O-])c1. The van der Waals surface area contributed by atoms with Crippen molar-refractivity contribution < 1.29 is 14.5 Å². The van der Waals surface area contributed by atoms with Gasteiger partial charge in [-0.1, -0.05) is 48.5 Å². The van der Waals surface area contributed by atoms with Gasteiger partial charge in [0.15, 0.2) is 0 Å². The molecule has 0 aliphatic heterocycles. The van der Waals surface area contributed by atoms with Crippen LogP contribution in [0.3, 0.4) is 0 Å². The number of ether oxygens (including phenoxy) is 1. The van der Waals surface area contributed by atoms with Crippen molar-refractivity contribution in [2.75, 3.05) is 5.32 Å². The average molecular weight is 413 g/mol. The molecule has 0 heterocycles. The number of amides is 1. The Hall–Kier alpha value is -4.44. The number of non-ortho nitro benzene ring substituents is 1. The molecule has 3 aromatic carbocycles. The molecular formula is C24H19N3O4.